The van der Waals surface area contributed by atoms with Crippen molar-refractivity contribution in [2.45, 2.75) is 32.1 Å². The van der Waals surface area contributed by atoms with E-state index >= 15 is 0 Å². The van der Waals surface area contributed by atoms with Crippen molar-refractivity contribution < 1.29 is 14.0 Å². The van der Waals surface area contributed by atoms with Gasteiger partial charge in [0, 0.05) is 6.42 Å². The molecule has 0 radical (unpaired) electrons. The number of carbonyl (C=O) groups is 1. The largest absolute Gasteiger partial charge is 0.544 e. The molecule has 1 aromatic rings. The van der Waals surface area contributed by atoms with Gasteiger partial charge in [0.25, 0.3) is 0 Å². The van der Waals surface area contributed by atoms with Gasteiger partial charge in [-0.2, -0.15) is 0 Å². The number of carbonyl (C=O) groups excluding carboxylic acids is 1. The smallest absolute Gasteiger partial charge is 0.407 e. The number of ether oxygens (including phenoxy) is 1. The predicted octanol–water partition coefficient (Wildman–Crippen LogP) is 3.49. The van der Waals surface area contributed by atoms with E-state index in [0.29, 0.717) is 6.61 Å². The number of cyclic esters (lactones) is 1. The van der Waals surface area contributed by atoms with Crippen LogP contribution in [0, 0.1) is 0 Å². The lowest BCUT2D eigenvalue weighted by Crippen LogP contribution is -2.35. The van der Waals surface area contributed by atoms with Gasteiger partial charge in [-0.25, -0.2) is 4.79 Å². The summed E-state index contributed by atoms with van der Waals surface area (Å²) in [6, 6.07) is 7.99. The fourth-order valence-corrected chi connectivity index (χ4v) is 2.74. The topological polar surface area (TPSA) is 47.6 Å². The molecular weight excluding hydrogens is 282 g/mol. The highest BCUT2D eigenvalue weighted by molar-refractivity contribution is 6.70. The van der Waals surface area contributed by atoms with Crippen LogP contribution in [0.25, 0.3) is 0 Å². The third kappa shape index (κ3) is 4.76. The van der Waals surface area contributed by atoms with Crippen molar-refractivity contribution in [3.63, 3.8) is 0 Å². The molecule has 0 unspecified atom stereocenters. The van der Waals surface area contributed by atoms with Crippen molar-refractivity contribution in [2.24, 2.45) is 0 Å². The quantitative estimate of drug-likeness (QED) is 0.869. The lowest BCUT2D eigenvalue weighted by atomic mass is 10.0. The average molecular weight is 302 g/mol. The number of hydrogen-bond donors (Lipinski definition) is 1. The van der Waals surface area contributed by atoms with Crippen molar-refractivity contribution >= 4 is 26.8 Å². The summed E-state index contributed by atoms with van der Waals surface area (Å²) in [6.45, 7) is 6.93. The number of alkyl carbamates (subject to hydrolysis) is 1. The summed E-state index contributed by atoms with van der Waals surface area (Å²) in [5, 5.41) is 2.81. The van der Waals surface area contributed by atoms with Crippen LogP contribution in [0.1, 0.15) is 18.0 Å². The van der Waals surface area contributed by atoms with Crippen molar-refractivity contribution in [1.29, 1.82) is 0 Å². The van der Waals surface area contributed by atoms with E-state index in [1.807, 2.05) is 24.3 Å². The molecule has 19 heavy (non-hydrogen) atoms. The van der Waals surface area contributed by atoms with E-state index in [0.717, 1.165) is 17.7 Å². The average Bonchev–Trinajstić information content (AvgIpc) is 2.28. The van der Waals surface area contributed by atoms with Crippen molar-refractivity contribution in [1.82, 2.24) is 5.32 Å². The van der Waals surface area contributed by atoms with E-state index in [1.165, 1.54) is 0 Å². The molecular formula is C13H20ClNO3Si. The second kappa shape index (κ2) is 6.30. The van der Waals surface area contributed by atoms with E-state index in [1.54, 1.807) is 0 Å². The van der Waals surface area contributed by atoms with Gasteiger partial charge in [0.15, 0.2) is 0 Å². The molecule has 1 heterocycles. The molecule has 1 atom stereocenters. The maximum atomic E-state index is 11.1. The predicted molar refractivity (Wildman–Crippen MR) is 79.5 cm³/mol. The Balaban J connectivity index is 0.00000180. The molecule has 1 fully saturated rings. The third-order valence-electron chi connectivity index (χ3n) is 2.64. The summed E-state index contributed by atoms with van der Waals surface area (Å²) in [5.41, 5.74) is 1.09. The number of nitrogens with one attached hydrogen (secondary N) is 1. The van der Waals surface area contributed by atoms with Gasteiger partial charge >= 0.3 is 6.09 Å². The highest BCUT2D eigenvalue weighted by Crippen LogP contribution is 2.23. The van der Waals surface area contributed by atoms with Gasteiger partial charge in [-0.3, -0.25) is 0 Å². The van der Waals surface area contributed by atoms with Gasteiger partial charge in [0.05, 0.1) is 12.6 Å². The first kappa shape index (κ1) is 15.9. The monoisotopic (exact) mass is 301 g/mol. The summed E-state index contributed by atoms with van der Waals surface area (Å²) in [6.07, 6.45) is 0.466. The Hall–Kier alpha value is -1.20. The summed E-state index contributed by atoms with van der Waals surface area (Å²) in [4.78, 5) is 11.1. The summed E-state index contributed by atoms with van der Waals surface area (Å²) >= 11 is 0. The van der Waals surface area contributed by atoms with Crippen LogP contribution < -0.4 is 9.74 Å². The Kier molecular flexibility index (Phi) is 5.26. The molecule has 0 saturated carbocycles. The molecule has 4 nitrogen and oxygen atoms in total. The number of hydrogen-bond acceptors (Lipinski definition) is 3. The van der Waals surface area contributed by atoms with Gasteiger partial charge in [0.1, 0.15) is 5.75 Å². The molecule has 1 N–H and O–H groups in total. The van der Waals surface area contributed by atoms with E-state index in [4.69, 9.17) is 9.16 Å². The van der Waals surface area contributed by atoms with Gasteiger partial charge < -0.3 is 14.5 Å². The molecule has 1 amide bonds. The number of amides is 1. The van der Waals surface area contributed by atoms with E-state index < -0.39 is 8.32 Å². The first-order chi connectivity index (χ1) is 8.44. The second-order valence-corrected chi connectivity index (χ2v) is 9.83. The van der Waals surface area contributed by atoms with E-state index in [-0.39, 0.29) is 24.5 Å². The SMILES string of the molecule is C[Si](C)(C)Oc1ccc([C@H]2CCOC(=O)N2)cc1.Cl. The zero-order valence-electron chi connectivity index (χ0n) is 11.4. The van der Waals surface area contributed by atoms with Crippen LogP contribution >= 0.6 is 12.4 Å². The summed E-state index contributed by atoms with van der Waals surface area (Å²) in [5.74, 6) is 0.899. The first-order valence-electron chi connectivity index (χ1n) is 6.16. The highest BCUT2D eigenvalue weighted by Gasteiger charge is 2.21. The van der Waals surface area contributed by atoms with Gasteiger partial charge in [-0.15, -0.1) is 12.4 Å². The van der Waals surface area contributed by atoms with Crippen molar-refractivity contribution in [3.05, 3.63) is 29.8 Å². The van der Waals surface area contributed by atoms with Gasteiger partial charge in [-0.05, 0) is 37.3 Å². The maximum Gasteiger partial charge on any atom is 0.407 e. The zero-order valence-corrected chi connectivity index (χ0v) is 13.3. The van der Waals surface area contributed by atoms with Crippen LogP contribution in [-0.2, 0) is 4.74 Å². The standard InChI is InChI=1S/C13H19NO3Si.ClH/c1-18(2,3)17-11-6-4-10(5-7-11)12-8-9-16-13(15)14-12;/h4-7,12H,8-9H2,1-3H3,(H,14,15);1H/t12-;/m1./s1. The number of benzene rings is 1. The van der Waals surface area contributed by atoms with Crippen LogP contribution in [0.4, 0.5) is 4.79 Å². The van der Waals surface area contributed by atoms with E-state index in [2.05, 4.69) is 25.0 Å². The molecule has 0 spiro atoms. The van der Waals surface area contributed by atoms with Crippen LogP contribution in [0.15, 0.2) is 24.3 Å². The van der Waals surface area contributed by atoms with Crippen LogP contribution in [-0.4, -0.2) is 21.0 Å². The second-order valence-electron chi connectivity index (χ2n) is 5.40. The minimum atomic E-state index is -1.56. The minimum Gasteiger partial charge on any atom is -0.544 e. The molecule has 0 aliphatic carbocycles. The molecule has 6 heteroatoms. The molecule has 1 aromatic carbocycles. The molecule has 0 bridgehead atoms. The Morgan fingerprint density at radius 2 is 1.89 bits per heavy atom. The Labute approximate surface area is 121 Å². The molecule has 2 rings (SSSR count). The molecule has 1 aliphatic heterocycles. The Bertz CT molecular complexity index is 431. The van der Waals surface area contributed by atoms with Crippen LogP contribution in [0.2, 0.25) is 19.6 Å². The number of rotatable bonds is 3. The fourth-order valence-electron chi connectivity index (χ4n) is 1.90. The summed E-state index contributed by atoms with van der Waals surface area (Å²) in [7, 11) is -1.56. The highest BCUT2D eigenvalue weighted by atomic mass is 35.5. The normalized spacial score (nSPS) is 18.9. The Morgan fingerprint density at radius 3 is 2.42 bits per heavy atom. The zero-order chi connectivity index (χ0) is 13.2. The van der Waals surface area contributed by atoms with Crippen LogP contribution in [0.5, 0.6) is 5.75 Å². The fraction of sp³-hybridized carbons (Fsp3) is 0.462. The lowest BCUT2D eigenvalue weighted by Gasteiger charge is -2.24. The maximum absolute atomic E-state index is 11.1. The van der Waals surface area contributed by atoms with Crippen molar-refractivity contribution in [3.8, 4) is 5.75 Å². The lowest BCUT2D eigenvalue weighted by molar-refractivity contribution is 0.115. The first-order valence-corrected chi connectivity index (χ1v) is 9.57. The molecule has 1 aliphatic rings. The van der Waals surface area contributed by atoms with Gasteiger partial charge in [0.2, 0.25) is 8.32 Å². The van der Waals surface area contributed by atoms with Gasteiger partial charge in [-0.1, -0.05) is 12.1 Å². The number of halogens is 1. The molecule has 106 valence electrons. The summed E-state index contributed by atoms with van der Waals surface area (Å²) < 4.78 is 10.7. The third-order valence-corrected chi connectivity index (χ3v) is 3.49. The van der Waals surface area contributed by atoms with Crippen LogP contribution in [0.3, 0.4) is 0 Å². The molecule has 1 saturated heterocycles. The minimum absolute atomic E-state index is 0. The van der Waals surface area contributed by atoms with Crippen molar-refractivity contribution in [2.75, 3.05) is 6.61 Å². The van der Waals surface area contributed by atoms with E-state index in [9.17, 15) is 4.79 Å². The Morgan fingerprint density at radius 1 is 1.26 bits per heavy atom. The molecule has 0 aromatic heterocycles.